The van der Waals surface area contributed by atoms with Gasteiger partial charge in [-0.3, -0.25) is 4.98 Å². The van der Waals surface area contributed by atoms with Crippen LogP contribution in [0.25, 0.3) is 11.3 Å². The highest BCUT2D eigenvalue weighted by Crippen LogP contribution is 2.41. The molecule has 4 nitrogen and oxygen atoms in total. The average molecular weight is 404 g/mol. The number of hydrogen-bond donors (Lipinski definition) is 1. The number of nitrogens with zero attached hydrogens (tertiary/aromatic N) is 2. The van der Waals surface area contributed by atoms with E-state index in [4.69, 9.17) is 39.8 Å². The molecule has 2 atom stereocenters. The summed E-state index contributed by atoms with van der Waals surface area (Å²) in [5.41, 5.74) is 1.67. The van der Waals surface area contributed by atoms with Gasteiger partial charge in [0, 0.05) is 18.8 Å². The third kappa shape index (κ3) is 2.96. The molecule has 1 aliphatic rings. The maximum absolute atomic E-state index is 6.33. The number of hydrogen-bond acceptors (Lipinski definition) is 3. The van der Waals surface area contributed by atoms with Crippen LogP contribution in [0.3, 0.4) is 0 Å². The Morgan fingerprint density at radius 3 is 2.73 bits per heavy atom. The fourth-order valence-electron chi connectivity index (χ4n) is 3.17. The summed E-state index contributed by atoms with van der Waals surface area (Å²) < 4.78 is 6.15. The first-order chi connectivity index (χ1) is 12.6. The zero-order valence-corrected chi connectivity index (χ0v) is 16.1. The van der Waals surface area contributed by atoms with Crippen LogP contribution in [0.2, 0.25) is 10.0 Å². The minimum Gasteiger partial charge on any atom is -0.459 e. The Bertz CT molecular complexity index is 960. The van der Waals surface area contributed by atoms with Crippen LogP contribution in [-0.2, 0) is 0 Å². The van der Waals surface area contributed by atoms with Gasteiger partial charge in [0.2, 0.25) is 0 Å². The molecule has 2 aromatic heterocycles. The lowest BCUT2D eigenvalue weighted by Gasteiger charge is -2.21. The van der Waals surface area contributed by atoms with Crippen LogP contribution in [0, 0.1) is 0 Å². The smallest absolute Gasteiger partial charge is 0.170 e. The van der Waals surface area contributed by atoms with Gasteiger partial charge in [0.15, 0.2) is 5.11 Å². The number of furan rings is 1. The second-order valence-electron chi connectivity index (χ2n) is 6.04. The van der Waals surface area contributed by atoms with Crippen molar-refractivity contribution >= 4 is 40.5 Å². The molecular weight excluding hydrogens is 389 g/mol. The molecule has 1 aliphatic heterocycles. The number of halogens is 2. The van der Waals surface area contributed by atoms with Gasteiger partial charge >= 0.3 is 0 Å². The second-order valence-corrected chi connectivity index (χ2v) is 7.21. The fraction of sp³-hybridized carbons (Fsp3) is 0.158. The second kappa shape index (κ2) is 6.91. The van der Waals surface area contributed by atoms with Crippen LogP contribution >= 0.6 is 35.4 Å². The molecule has 1 aromatic carbocycles. The summed E-state index contributed by atoms with van der Waals surface area (Å²) in [6.45, 7) is 0. The van der Waals surface area contributed by atoms with E-state index in [9.17, 15) is 0 Å². The number of rotatable bonds is 3. The largest absolute Gasteiger partial charge is 0.459 e. The van der Waals surface area contributed by atoms with Crippen molar-refractivity contribution in [3.63, 3.8) is 0 Å². The maximum Gasteiger partial charge on any atom is 0.170 e. The molecule has 0 spiro atoms. The van der Waals surface area contributed by atoms with Crippen molar-refractivity contribution in [3.05, 3.63) is 76.2 Å². The molecule has 0 amide bonds. The lowest BCUT2D eigenvalue weighted by atomic mass is 10.0. The van der Waals surface area contributed by atoms with E-state index in [0.29, 0.717) is 20.9 Å². The molecule has 1 fully saturated rings. The average Bonchev–Trinajstić information content (AvgIpc) is 3.23. The quantitative estimate of drug-likeness (QED) is 0.604. The zero-order chi connectivity index (χ0) is 18.3. The van der Waals surface area contributed by atoms with Crippen LogP contribution in [0.1, 0.15) is 23.5 Å². The standard InChI is InChI=1S/C19H15Cl2N3OS/c1-24-18(17(23-19(24)26)13-7-2-3-10-22-13)15-9-8-14(25-15)11-5-4-6-12(20)16(11)21/h2-10,17-18H,1H3,(H,23,26)/t17-,18-/m1/s1. The molecule has 0 radical (unpaired) electrons. The van der Waals surface area contributed by atoms with Gasteiger partial charge in [-0.25, -0.2) is 0 Å². The molecule has 4 rings (SSSR count). The van der Waals surface area contributed by atoms with Crippen molar-refractivity contribution < 1.29 is 4.42 Å². The Labute approximate surface area is 166 Å². The topological polar surface area (TPSA) is 41.3 Å². The summed E-state index contributed by atoms with van der Waals surface area (Å²) >= 11 is 17.9. The van der Waals surface area contributed by atoms with E-state index in [1.807, 2.05) is 54.4 Å². The zero-order valence-electron chi connectivity index (χ0n) is 13.8. The summed E-state index contributed by atoms with van der Waals surface area (Å²) in [5.74, 6) is 1.44. The van der Waals surface area contributed by atoms with Crippen molar-refractivity contribution in [3.8, 4) is 11.3 Å². The van der Waals surface area contributed by atoms with Gasteiger partial charge in [0.25, 0.3) is 0 Å². The highest BCUT2D eigenvalue weighted by Gasteiger charge is 2.39. The molecule has 0 aliphatic carbocycles. The predicted molar refractivity (Wildman–Crippen MR) is 107 cm³/mol. The maximum atomic E-state index is 6.33. The number of thiocarbonyl (C=S) groups is 1. The van der Waals surface area contributed by atoms with Gasteiger partial charge in [0.1, 0.15) is 17.6 Å². The first-order valence-corrected chi connectivity index (χ1v) is 9.21. The summed E-state index contributed by atoms with van der Waals surface area (Å²) in [6, 6.07) is 15.0. The van der Waals surface area contributed by atoms with Crippen molar-refractivity contribution in [2.75, 3.05) is 7.05 Å². The van der Waals surface area contributed by atoms with Crippen molar-refractivity contribution in [1.29, 1.82) is 0 Å². The Morgan fingerprint density at radius 2 is 1.96 bits per heavy atom. The molecule has 3 heterocycles. The molecule has 0 saturated carbocycles. The molecule has 0 bridgehead atoms. The van der Waals surface area contributed by atoms with E-state index in [2.05, 4.69) is 10.3 Å². The van der Waals surface area contributed by atoms with E-state index < -0.39 is 0 Å². The van der Waals surface area contributed by atoms with Crippen molar-refractivity contribution in [2.24, 2.45) is 0 Å². The van der Waals surface area contributed by atoms with Crippen molar-refractivity contribution in [1.82, 2.24) is 15.2 Å². The molecule has 132 valence electrons. The molecule has 26 heavy (non-hydrogen) atoms. The number of benzene rings is 1. The number of aromatic nitrogens is 1. The minimum absolute atomic E-state index is 0.0949. The molecular formula is C19H15Cl2N3OS. The summed E-state index contributed by atoms with van der Waals surface area (Å²) in [6.07, 6.45) is 1.77. The molecule has 0 unspecified atom stereocenters. The van der Waals surface area contributed by atoms with Crippen LogP contribution in [0.15, 0.2) is 59.1 Å². The van der Waals surface area contributed by atoms with E-state index in [1.165, 1.54) is 0 Å². The molecule has 7 heteroatoms. The minimum atomic E-state index is -0.107. The van der Waals surface area contributed by atoms with Gasteiger partial charge < -0.3 is 14.6 Å². The molecule has 1 N–H and O–H groups in total. The van der Waals surface area contributed by atoms with Gasteiger partial charge in [-0.2, -0.15) is 0 Å². The summed E-state index contributed by atoms with van der Waals surface area (Å²) in [5, 5.41) is 4.95. The van der Waals surface area contributed by atoms with E-state index in [0.717, 1.165) is 17.0 Å². The van der Waals surface area contributed by atoms with Gasteiger partial charge in [0.05, 0.1) is 21.8 Å². The van der Waals surface area contributed by atoms with Gasteiger partial charge in [-0.15, -0.1) is 0 Å². The lowest BCUT2D eigenvalue weighted by Crippen LogP contribution is -2.24. The third-order valence-electron chi connectivity index (χ3n) is 4.47. The van der Waals surface area contributed by atoms with Gasteiger partial charge in [-0.05, 0) is 48.6 Å². The highest BCUT2D eigenvalue weighted by molar-refractivity contribution is 7.80. The van der Waals surface area contributed by atoms with Gasteiger partial charge in [-0.1, -0.05) is 35.3 Å². The lowest BCUT2D eigenvalue weighted by molar-refractivity contribution is 0.310. The first-order valence-electron chi connectivity index (χ1n) is 8.04. The number of likely N-dealkylation sites (N-methyl/N-ethyl adjacent to an activating group) is 1. The highest BCUT2D eigenvalue weighted by atomic mass is 35.5. The first kappa shape index (κ1) is 17.3. The predicted octanol–water partition coefficient (Wildman–Crippen LogP) is 5.25. The SMILES string of the molecule is CN1C(=S)N[C@H](c2ccccn2)[C@H]1c1ccc(-c2cccc(Cl)c2Cl)o1. The van der Waals surface area contributed by atoms with Crippen LogP contribution in [0.5, 0.6) is 0 Å². The Balaban J connectivity index is 1.73. The third-order valence-corrected chi connectivity index (χ3v) is 5.70. The Kier molecular flexibility index (Phi) is 4.61. The monoisotopic (exact) mass is 403 g/mol. The molecule has 3 aromatic rings. The Morgan fingerprint density at radius 1 is 1.12 bits per heavy atom. The van der Waals surface area contributed by atoms with E-state index in [-0.39, 0.29) is 12.1 Å². The summed E-state index contributed by atoms with van der Waals surface area (Å²) in [7, 11) is 1.94. The number of nitrogens with one attached hydrogen (secondary N) is 1. The summed E-state index contributed by atoms with van der Waals surface area (Å²) in [4.78, 5) is 6.45. The van der Waals surface area contributed by atoms with E-state index >= 15 is 0 Å². The number of pyridine rings is 1. The van der Waals surface area contributed by atoms with Crippen LogP contribution in [-0.4, -0.2) is 22.0 Å². The molecule has 1 saturated heterocycles. The van der Waals surface area contributed by atoms with Crippen LogP contribution in [0.4, 0.5) is 0 Å². The normalized spacial score (nSPS) is 19.7. The Hall–Kier alpha value is -2.08. The fourth-order valence-corrected chi connectivity index (χ4v) is 3.80. The van der Waals surface area contributed by atoms with Crippen molar-refractivity contribution in [2.45, 2.75) is 12.1 Å². The van der Waals surface area contributed by atoms with Crippen LogP contribution < -0.4 is 5.32 Å². The van der Waals surface area contributed by atoms with E-state index in [1.54, 1.807) is 12.3 Å².